The minimum atomic E-state index is -0.933. The number of fused-ring (bicyclic) bond motifs is 1. The van der Waals surface area contributed by atoms with E-state index < -0.39 is 23.8 Å². The van der Waals surface area contributed by atoms with Crippen LogP contribution in [-0.4, -0.2) is 53.2 Å². The number of amides is 4. The van der Waals surface area contributed by atoms with Crippen molar-refractivity contribution in [2.75, 3.05) is 18.0 Å². The lowest BCUT2D eigenvalue weighted by Gasteiger charge is -2.48. The van der Waals surface area contributed by atoms with E-state index >= 15 is 0 Å². The van der Waals surface area contributed by atoms with Crippen LogP contribution in [0.2, 0.25) is 0 Å². The predicted octanol–water partition coefficient (Wildman–Crippen LogP) is 1.19. The van der Waals surface area contributed by atoms with E-state index in [1.807, 2.05) is 6.07 Å². The molecule has 1 unspecified atom stereocenters. The van der Waals surface area contributed by atoms with Crippen LogP contribution in [0.3, 0.4) is 0 Å². The molecular weight excluding hydrogens is 384 g/mol. The Hall–Kier alpha value is -2.74. The van der Waals surface area contributed by atoms with E-state index in [9.17, 15) is 19.2 Å². The summed E-state index contributed by atoms with van der Waals surface area (Å²) in [5, 5.41) is 2.22. The summed E-state index contributed by atoms with van der Waals surface area (Å²) in [5.74, 6) is -1.35. The Balaban J connectivity index is 1.33. The quantitative estimate of drug-likeness (QED) is 0.724. The normalized spacial score (nSPS) is 26.5. The molecule has 1 aromatic rings. The van der Waals surface area contributed by atoms with Gasteiger partial charge in [-0.05, 0) is 62.6 Å². The van der Waals surface area contributed by atoms with Gasteiger partial charge in [0.15, 0.2) is 0 Å². The van der Waals surface area contributed by atoms with Crippen LogP contribution < -0.4 is 16.0 Å². The number of carbonyl (C=O) groups is 4. The van der Waals surface area contributed by atoms with Crippen molar-refractivity contribution in [3.8, 4) is 0 Å². The molecule has 1 aliphatic carbocycles. The average molecular weight is 410 g/mol. The zero-order valence-corrected chi connectivity index (χ0v) is 16.9. The lowest BCUT2D eigenvalue weighted by molar-refractivity contribution is -0.136. The first-order chi connectivity index (χ1) is 14.4. The first kappa shape index (κ1) is 19.2. The predicted molar refractivity (Wildman–Crippen MR) is 109 cm³/mol. The summed E-state index contributed by atoms with van der Waals surface area (Å²) in [6, 6.07) is 4.39. The number of hydrogen-bond acceptors (Lipinski definition) is 6. The van der Waals surface area contributed by atoms with Gasteiger partial charge in [-0.1, -0.05) is 0 Å². The Morgan fingerprint density at radius 3 is 2.30 bits per heavy atom. The number of benzene rings is 1. The van der Waals surface area contributed by atoms with E-state index in [0.29, 0.717) is 17.0 Å². The topological polar surface area (TPSA) is 113 Å². The molecule has 3 aliphatic heterocycles. The van der Waals surface area contributed by atoms with Crippen LogP contribution in [-0.2, 0) is 9.59 Å². The van der Waals surface area contributed by atoms with Gasteiger partial charge >= 0.3 is 0 Å². The molecule has 4 amide bonds. The molecule has 30 heavy (non-hydrogen) atoms. The Kier molecular flexibility index (Phi) is 4.43. The van der Waals surface area contributed by atoms with Gasteiger partial charge in [0.05, 0.1) is 11.1 Å². The Bertz CT molecular complexity index is 946. The molecule has 5 rings (SSSR count). The van der Waals surface area contributed by atoms with Crippen molar-refractivity contribution < 1.29 is 19.2 Å². The SMILES string of the molecule is NC1(C2CCN(c3ccc4c(c3)C(=O)N(C3CCC(=O)NC3=O)C4=O)CC2)CCC1. The molecule has 0 radical (unpaired) electrons. The molecule has 3 fully saturated rings. The Morgan fingerprint density at radius 1 is 0.967 bits per heavy atom. The van der Waals surface area contributed by atoms with E-state index in [1.165, 1.54) is 6.42 Å². The molecule has 0 spiro atoms. The average Bonchev–Trinajstić information content (AvgIpc) is 2.96. The van der Waals surface area contributed by atoms with E-state index in [-0.39, 0.29) is 24.3 Å². The number of nitrogens with two attached hydrogens (primary N) is 1. The van der Waals surface area contributed by atoms with Gasteiger partial charge in [-0.25, -0.2) is 0 Å². The fraction of sp³-hybridized carbons (Fsp3) is 0.545. The van der Waals surface area contributed by atoms with Gasteiger partial charge in [0.2, 0.25) is 11.8 Å². The number of imide groups is 2. The van der Waals surface area contributed by atoms with Gasteiger partial charge < -0.3 is 10.6 Å². The molecule has 3 heterocycles. The Labute approximate surface area is 174 Å². The van der Waals surface area contributed by atoms with Gasteiger partial charge in [-0.15, -0.1) is 0 Å². The van der Waals surface area contributed by atoms with Crippen LogP contribution in [0.4, 0.5) is 5.69 Å². The highest BCUT2D eigenvalue weighted by atomic mass is 16.2. The standard InChI is InChI=1S/C22H26N4O4/c23-22(8-1-9-22)13-6-10-25(11-7-13)14-2-3-15-16(12-14)21(30)26(20(15)29)17-4-5-18(27)24-19(17)28/h2-3,12-13,17H,1,4-11,23H2,(H,24,27,28). The minimum absolute atomic E-state index is 0.00879. The van der Waals surface area contributed by atoms with Crippen molar-refractivity contribution in [3.63, 3.8) is 0 Å². The molecule has 1 aromatic carbocycles. The third-order valence-corrected chi connectivity index (χ3v) is 7.38. The highest BCUT2D eigenvalue weighted by Gasteiger charge is 2.45. The first-order valence-electron chi connectivity index (χ1n) is 10.8. The number of rotatable bonds is 3. The molecule has 8 nitrogen and oxygen atoms in total. The van der Waals surface area contributed by atoms with Gasteiger partial charge in [0.25, 0.3) is 11.8 Å². The van der Waals surface area contributed by atoms with E-state index in [2.05, 4.69) is 10.2 Å². The molecule has 8 heteroatoms. The van der Waals surface area contributed by atoms with Crippen LogP contribution >= 0.6 is 0 Å². The minimum Gasteiger partial charge on any atom is -0.371 e. The maximum atomic E-state index is 13.0. The van der Waals surface area contributed by atoms with Crippen LogP contribution in [0, 0.1) is 5.92 Å². The fourth-order valence-electron chi connectivity index (χ4n) is 5.36. The lowest BCUT2D eigenvalue weighted by atomic mass is 9.66. The Morgan fingerprint density at radius 2 is 1.67 bits per heavy atom. The summed E-state index contributed by atoms with van der Waals surface area (Å²) >= 11 is 0. The molecule has 0 aromatic heterocycles. The smallest absolute Gasteiger partial charge is 0.262 e. The molecule has 4 aliphatic rings. The van der Waals surface area contributed by atoms with Crippen molar-refractivity contribution in [3.05, 3.63) is 29.3 Å². The lowest BCUT2D eigenvalue weighted by Crippen LogP contribution is -2.55. The summed E-state index contributed by atoms with van der Waals surface area (Å²) in [5.41, 5.74) is 8.09. The van der Waals surface area contributed by atoms with Crippen molar-refractivity contribution in [2.24, 2.45) is 11.7 Å². The van der Waals surface area contributed by atoms with Crippen molar-refractivity contribution in [1.29, 1.82) is 0 Å². The maximum absolute atomic E-state index is 13.0. The fourth-order valence-corrected chi connectivity index (χ4v) is 5.36. The van der Waals surface area contributed by atoms with Crippen LogP contribution in [0.1, 0.15) is 65.7 Å². The van der Waals surface area contributed by atoms with Gasteiger partial charge in [-0.3, -0.25) is 29.4 Å². The number of anilines is 1. The molecular formula is C22H26N4O4. The second-order valence-electron chi connectivity index (χ2n) is 9.03. The summed E-state index contributed by atoms with van der Waals surface area (Å²) in [7, 11) is 0. The number of hydrogen-bond donors (Lipinski definition) is 2. The zero-order valence-electron chi connectivity index (χ0n) is 16.9. The van der Waals surface area contributed by atoms with Crippen molar-refractivity contribution in [1.82, 2.24) is 10.2 Å². The number of nitrogens with zero attached hydrogens (tertiary/aromatic N) is 2. The summed E-state index contributed by atoms with van der Waals surface area (Å²) in [6.45, 7) is 1.75. The largest absolute Gasteiger partial charge is 0.371 e. The molecule has 2 saturated heterocycles. The van der Waals surface area contributed by atoms with Gasteiger partial charge in [-0.2, -0.15) is 0 Å². The third kappa shape index (κ3) is 2.93. The van der Waals surface area contributed by atoms with Gasteiger partial charge in [0.1, 0.15) is 6.04 Å². The molecule has 158 valence electrons. The highest BCUT2D eigenvalue weighted by molar-refractivity contribution is 6.23. The third-order valence-electron chi connectivity index (χ3n) is 7.38. The second-order valence-corrected chi connectivity index (χ2v) is 9.03. The van der Waals surface area contributed by atoms with Crippen LogP contribution in [0.5, 0.6) is 0 Å². The zero-order chi connectivity index (χ0) is 21.0. The van der Waals surface area contributed by atoms with Crippen molar-refractivity contribution in [2.45, 2.75) is 56.5 Å². The summed E-state index contributed by atoms with van der Waals surface area (Å²) in [4.78, 5) is 52.7. The van der Waals surface area contributed by atoms with E-state index in [1.54, 1.807) is 12.1 Å². The molecule has 1 atom stereocenters. The molecule has 1 saturated carbocycles. The summed E-state index contributed by atoms with van der Waals surface area (Å²) < 4.78 is 0. The van der Waals surface area contributed by atoms with Crippen molar-refractivity contribution >= 4 is 29.3 Å². The highest BCUT2D eigenvalue weighted by Crippen LogP contribution is 2.41. The maximum Gasteiger partial charge on any atom is 0.262 e. The first-order valence-corrected chi connectivity index (χ1v) is 10.8. The molecule has 0 bridgehead atoms. The number of nitrogens with one attached hydrogen (secondary N) is 1. The van der Waals surface area contributed by atoms with Crippen LogP contribution in [0.15, 0.2) is 18.2 Å². The number of piperidine rings is 2. The summed E-state index contributed by atoms with van der Waals surface area (Å²) in [6.07, 6.45) is 5.80. The second kappa shape index (κ2) is 6.91. The van der Waals surface area contributed by atoms with E-state index in [4.69, 9.17) is 5.73 Å². The van der Waals surface area contributed by atoms with E-state index in [0.717, 1.165) is 49.4 Å². The number of carbonyl (C=O) groups excluding carboxylic acids is 4. The monoisotopic (exact) mass is 410 g/mol. The molecule has 3 N–H and O–H groups in total. The van der Waals surface area contributed by atoms with Crippen LogP contribution in [0.25, 0.3) is 0 Å². The van der Waals surface area contributed by atoms with Gasteiger partial charge in [0, 0.05) is 30.7 Å².